The molecular formula is C7H16NO6S-. The van der Waals surface area contributed by atoms with Gasteiger partial charge in [-0.05, 0) is 6.92 Å². The summed E-state index contributed by atoms with van der Waals surface area (Å²) in [5.41, 5.74) is -1.22. The van der Waals surface area contributed by atoms with Gasteiger partial charge in [0.25, 0.3) is 0 Å². The largest absolute Gasteiger partial charge is 0.750 e. The van der Waals surface area contributed by atoms with Crippen LogP contribution in [0.4, 0.5) is 0 Å². The third-order valence-corrected chi connectivity index (χ3v) is 2.40. The van der Waals surface area contributed by atoms with E-state index in [2.05, 4.69) is 9.50 Å². The predicted molar refractivity (Wildman–Crippen MR) is 51.5 cm³/mol. The van der Waals surface area contributed by atoms with E-state index in [-0.39, 0.29) is 6.54 Å². The summed E-state index contributed by atoms with van der Waals surface area (Å²) in [4.78, 5) is 0. The Morgan fingerprint density at radius 1 is 1.40 bits per heavy atom. The van der Waals surface area contributed by atoms with Gasteiger partial charge in [0, 0.05) is 6.54 Å². The number of rotatable bonds is 8. The van der Waals surface area contributed by atoms with Crippen molar-refractivity contribution in [2.75, 3.05) is 26.4 Å². The van der Waals surface area contributed by atoms with Crippen LogP contribution in [0.1, 0.15) is 6.92 Å². The molecule has 0 aromatic heterocycles. The van der Waals surface area contributed by atoms with E-state index in [9.17, 15) is 8.76 Å². The summed E-state index contributed by atoms with van der Waals surface area (Å²) in [7, 11) is 0. The van der Waals surface area contributed by atoms with Crippen LogP contribution in [0, 0.1) is 0 Å². The Bertz CT molecular complexity index is 190. The second-order valence-electron chi connectivity index (χ2n) is 3.25. The van der Waals surface area contributed by atoms with Crippen LogP contribution >= 0.6 is 0 Å². The summed E-state index contributed by atoms with van der Waals surface area (Å²) in [6.07, 6.45) is -0.646. The molecule has 0 heterocycles. The Morgan fingerprint density at radius 3 is 2.20 bits per heavy atom. The van der Waals surface area contributed by atoms with Crippen molar-refractivity contribution in [3.05, 3.63) is 0 Å². The van der Waals surface area contributed by atoms with Gasteiger partial charge in [0.2, 0.25) is 0 Å². The van der Waals surface area contributed by atoms with Crippen molar-refractivity contribution >= 4 is 11.4 Å². The predicted octanol–water partition coefficient (Wildman–Crippen LogP) is -2.51. The van der Waals surface area contributed by atoms with E-state index in [1.807, 2.05) is 0 Å². The van der Waals surface area contributed by atoms with Crippen LogP contribution in [0.2, 0.25) is 0 Å². The molecule has 0 saturated carbocycles. The molecule has 15 heavy (non-hydrogen) atoms. The topological polar surface area (TPSA) is 122 Å². The first kappa shape index (κ1) is 14.9. The van der Waals surface area contributed by atoms with Gasteiger partial charge in [0.15, 0.2) is 0 Å². The van der Waals surface area contributed by atoms with Gasteiger partial charge in [0.05, 0.1) is 42.8 Å². The van der Waals surface area contributed by atoms with Gasteiger partial charge >= 0.3 is 0 Å². The lowest BCUT2D eigenvalue weighted by molar-refractivity contribution is 0.0361. The molecule has 0 rings (SSSR count). The third-order valence-electron chi connectivity index (χ3n) is 1.92. The maximum atomic E-state index is 10.1. The van der Waals surface area contributed by atoms with Crippen molar-refractivity contribution in [1.29, 1.82) is 0 Å². The molecule has 0 aliphatic rings. The van der Waals surface area contributed by atoms with E-state index in [1.54, 1.807) is 0 Å². The van der Waals surface area contributed by atoms with Crippen molar-refractivity contribution in [2.24, 2.45) is 0 Å². The number of aliphatic hydroxyl groups excluding tert-OH is 3. The molecule has 0 aromatic carbocycles. The second kappa shape index (κ2) is 7.23. The molecular weight excluding hydrogens is 226 g/mol. The molecule has 0 saturated heterocycles. The maximum absolute atomic E-state index is 10.1. The number of nitrogens with one attached hydrogen (secondary N) is 1. The van der Waals surface area contributed by atoms with Crippen LogP contribution in [0.15, 0.2) is 0 Å². The first-order valence-electron chi connectivity index (χ1n) is 4.33. The molecule has 92 valence electrons. The normalized spacial score (nSPS) is 16.3. The molecule has 0 fully saturated rings. The second-order valence-corrected chi connectivity index (χ2v) is 3.85. The zero-order valence-corrected chi connectivity index (χ0v) is 9.20. The lowest BCUT2D eigenvalue weighted by Crippen LogP contribution is -2.56. The van der Waals surface area contributed by atoms with Crippen LogP contribution in [-0.4, -0.2) is 62.1 Å². The van der Waals surface area contributed by atoms with Crippen molar-refractivity contribution in [3.8, 4) is 0 Å². The minimum Gasteiger partial charge on any atom is -0.750 e. The average Bonchev–Trinajstić information content (AvgIpc) is 2.20. The van der Waals surface area contributed by atoms with Crippen LogP contribution in [0.5, 0.6) is 0 Å². The summed E-state index contributed by atoms with van der Waals surface area (Å²) in [5.74, 6) is 0. The lowest BCUT2D eigenvalue weighted by atomic mass is 10.0. The zero-order valence-electron chi connectivity index (χ0n) is 8.38. The molecule has 7 nitrogen and oxygen atoms in total. The van der Waals surface area contributed by atoms with Crippen molar-refractivity contribution in [2.45, 2.75) is 18.6 Å². The van der Waals surface area contributed by atoms with Gasteiger partial charge in [-0.15, -0.1) is 0 Å². The van der Waals surface area contributed by atoms with Crippen LogP contribution in [0.3, 0.4) is 0 Å². The highest BCUT2D eigenvalue weighted by Crippen LogP contribution is 2.02. The molecule has 0 aromatic rings. The van der Waals surface area contributed by atoms with Crippen molar-refractivity contribution in [3.63, 3.8) is 0 Å². The van der Waals surface area contributed by atoms with E-state index in [1.165, 1.54) is 6.92 Å². The molecule has 2 unspecified atom stereocenters. The highest BCUT2D eigenvalue weighted by atomic mass is 32.2. The quantitative estimate of drug-likeness (QED) is 0.347. The van der Waals surface area contributed by atoms with E-state index in [0.29, 0.717) is 0 Å². The van der Waals surface area contributed by atoms with Crippen molar-refractivity contribution in [1.82, 2.24) is 5.32 Å². The SMILES string of the molecule is CC(CNC(CO)(CO)CO)OS(=O)[O-]. The highest BCUT2D eigenvalue weighted by molar-refractivity contribution is 7.74. The fraction of sp³-hybridized carbons (Fsp3) is 1.00. The first-order chi connectivity index (χ1) is 6.99. The third kappa shape index (κ3) is 5.52. The summed E-state index contributed by atoms with van der Waals surface area (Å²) in [6, 6.07) is 0. The van der Waals surface area contributed by atoms with Gasteiger partial charge in [-0.1, -0.05) is 0 Å². The fourth-order valence-electron chi connectivity index (χ4n) is 0.846. The van der Waals surface area contributed by atoms with E-state index in [0.717, 1.165) is 0 Å². The average molecular weight is 242 g/mol. The molecule has 0 radical (unpaired) electrons. The Balaban J connectivity index is 4.04. The molecule has 2 atom stereocenters. The Labute approximate surface area is 90.6 Å². The first-order valence-corrected chi connectivity index (χ1v) is 5.33. The molecule has 0 aliphatic heterocycles. The molecule has 0 bridgehead atoms. The molecule has 0 amide bonds. The number of aliphatic hydroxyl groups is 3. The van der Waals surface area contributed by atoms with E-state index >= 15 is 0 Å². The van der Waals surface area contributed by atoms with Gasteiger partial charge in [0.1, 0.15) is 0 Å². The zero-order chi connectivity index (χ0) is 11.9. The molecule has 4 N–H and O–H groups in total. The van der Waals surface area contributed by atoms with E-state index in [4.69, 9.17) is 15.3 Å². The van der Waals surface area contributed by atoms with Crippen LogP contribution in [-0.2, 0) is 15.5 Å². The smallest absolute Gasteiger partial charge is 0.0882 e. The lowest BCUT2D eigenvalue weighted by Gasteiger charge is -2.30. The van der Waals surface area contributed by atoms with Crippen molar-refractivity contribution < 1.29 is 28.3 Å². The maximum Gasteiger partial charge on any atom is 0.0882 e. The number of hydrogen-bond acceptors (Lipinski definition) is 7. The molecule has 0 aliphatic carbocycles. The summed E-state index contributed by atoms with van der Waals surface area (Å²) < 4.78 is 24.7. The summed E-state index contributed by atoms with van der Waals surface area (Å²) >= 11 is -2.61. The Kier molecular flexibility index (Phi) is 7.18. The molecule has 0 spiro atoms. The van der Waals surface area contributed by atoms with Crippen LogP contribution in [0.25, 0.3) is 0 Å². The Morgan fingerprint density at radius 2 is 1.87 bits per heavy atom. The summed E-state index contributed by atoms with van der Waals surface area (Å²) in [5, 5.41) is 29.4. The fourth-order valence-corrected chi connectivity index (χ4v) is 1.18. The minimum atomic E-state index is -2.61. The van der Waals surface area contributed by atoms with Gasteiger partial charge in [-0.2, -0.15) is 0 Å². The van der Waals surface area contributed by atoms with Gasteiger partial charge in [-0.3, -0.25) is 4.18 Å². The van der Waals surface area contributed by atoms with Gasteiger partial charge in [-0.25, -0.2) is 4.21 Å². The van der Waals surface area contributed by atoms with E-state index < -0.39 is 42.8 Å². The molecule has 8 heteroatoms. The highest BCUT2D eigenvalue weighted by Gasteiger charge is 2.27. The van der Waals surface area contributed by atoms with Gasteiger partial charge < -0.3 is 25.2 Å². The van der Waals surface area contributed by atoms with Crippen LogP contribution < -0.4 is 5.32 Å². The monoisotopic (exact) mass is 242 g/mol. The minimum absolute atomic E-state index is 0.0790. The standard InChI is InChI=1S/C7H17NO6S/c1-6(14-15(12)13)2-8-7(3-9,4-10)5-11/h6,8-11H,2-5H2,1H3,(H,12,13)/p-1. The number of hydrogen-bond donors (Lipinski definition) is 4. The Hall–Kier alpha value is -0.0900. The summed E-state index contributed by atoms with van der Waals surface area (Å²) in [6.45, 7) is 0.183.